The number of carbonyl (C=O) groups is 1. The molecule has 4 nitrogen and oxygen atoms in total. The number of rotatable bonds is 5. The standard InChI is InChI=1S/C15H22N2O2/c1-15(2,11-18)10-16-12-6-3-4-7-13(12)17-9-5-8-14(17)19/h3-4,6-7,16,18H,5,8-11H2,1-2H3. The van der Waals surface area contributed by atoms with Crippen LogP contribution in [0.15, 0.2) is 24.3 Å². The van der Waals surface area contributed by atoms with Crippen LogP contribution in [0.1, 0.15) is 26.7 Å². The van der Waals surface area contributed by atoms with Crippen LogP contribution in [0.4, 0.5) is 11.4 Å². The van der Waals surface area contributed by atoms with Crippen LogP contribution >= 0.6 is 0 Å². The van der Waals surface area contributed by atoms with Crippen molar-refractivity contribution in [3.63, 3.8) is 0 Å². The molecule has 0 radical (unpaired) electrons. The first kappa shape index (κ1) is 13.9. The molecule has 104 valence electrons. The summed E-state index contributed by atoms with van der Waals surface area (Å²) in [6, 6.07) is 7.85. The van der Waals surface area contributed by atoms with Gasteiger partial charge in [-0.3, -0.25) is 4.79 Å². The van der Waals surface area contributed by atoms with Gasteiger partial charge in [-0.25, -0.2) is 0 Å². The lowest BCUT2D eigenvalue weighted by Gasteiger charge is -2.25. The van der Waals surface area contributed by atoms with Gasteiger partial charge in [0.1, 0.15) is 0 Å². The Morgan fingerprint density at radius 3 is 2.74 bits per heavy atom. The number of anilines is 2. The van der Waals surface area contributed by atoms with Crippen LogP contribution in [0.5, 0.6) is 0 Å². The van der Waals surface area contributed by atoms with Crippen molar-refractivity contribution in [1.82, 2.24) is 0 Å². The molecule has 0 unspecified atom stereocenters. The number of aliphatic hydroxyl groups is 1. The fourth-order valence-corrected chi connectivity index (χ4v) is 2.15. The van der Waals surface area contributed by atoms with E-state index in [1.165, 1.54) is 0 Å². The molecule has 0 aromatic heterocycles. The lowest BCUT2D eigenvalue weighted by Crippen LogP contribution is -2.29. The predicted octanol–water partition coefficient (Wildman–Crippen LogP) is 2.24. The average Bonchev–Trinajstić information content (AvgIpc) is 2.83. The largest absolute Gasteiger partial charge is 0.396 e. The van der Waals surface area contributed by atoms with Gasteiger partial charge in [-0.2, -0.15) is 0 Å². The van der Waals surface area contributed by atoms with E-state index in [0.29, 0.717) is 13.0 Å². The minimum Gasteiger partial charge on any atom is -0.396 e. The number of hydrogen-bond donors (Lipinski definition) is 2. The summed E-state index contributed by atoms with van der Waals surface area (Å²) < 4.78 is 0. The first-order valence-electron chi connectivity index (χ1n) is 6.78. The zero-order valence-electron chi connectivity index (χ0n) is 11.6. The van der Waals surface area contributed by atoms with Gasteiger partial charge in [-0.05, 0) is 18.6 Å². The molecule has 4 heteroatoms. The van der Waals surface area contributed by atoms with E-state index in [9.17, 15) is 9.90 Å². The molecule has 1 fully saturated rings. The van der Waals surface area contributed by atoms with Crippen LogP contribution in [0, 0.1) is 5.41 Å². The summed E-state index contributed by atoms with van der Waals surface area (Å²) >= 11 is 0. The predicted molar refractivity (Wildman–Crippen MR) is 77.4 cm³/mol. The minimum atomic E-state index is -0.178. The van der Waals surface area contributed by atoms with Gasteiger partial charge < -0.3 is 15.3 Å². The third kappa shape index (κ3) is 3.26. The van der Waals surface area contributed by atoms with Crippen molar-refractivity contribution in [2.75, 3.05) is 29.9 Å². The smallest absolute Gasteiger partial charge is 0.227 e. The Morgan fingerprint density at radius 1 is 1.37 bits per heavy atom. The van der Waals surface area contributed by atoms with Crippen LogP contribution in [-0.4, -0.2) is 30.7 Å². The fourth-order valence-electron chi connectivity index (χ4n) is 2.15. The highest BCUT2D eigenvalue weighted by molar-refractivity contribution is 5.98. The van der Waals surface area contributed by atoms with Crippen LogP contribution < -0.4 is 10.2 Å². The van der Waals surface area contributed by atoms with Crippen LogP contribution in [-0.2, 0) is 4.79 Å². The topological polar surface area (TPSA) is 52.6 Å². The molecule has 0 atom stereocenters. The second kappa shape index (κ2) is 5.61. The molecule has 19 heavy (non-hydrogen) atoms. The highest BCUT2D eigenvalue weighted by Crippen LogP contribution is 2.30. The fraction of sp³-hybridized carbons (Fsp3) is 0.533. The summed E-state index contributed by atoms with van der Waals surface area (Å²) in [5.41, 5.74) is 1.72. The molecular formula is C15H22N2O2. The zero-order chi connectivity index (χ0) is 13.9. The summed E-state index contributed by atoms with van der Waals surface area (Å²) in [5, 5.41) is 12.6. The van der Waals surface area contributed by atoms with Crippen LogP contribution in [0.2, 0.25) is 0 Å². The molecule has 1 aromatic rings. The molecule has 2 N–H and O–H groups in total. The third-order valence-corrected chi connectivity index (χ3v) is 3.45. The van der Waals surface area contributed by atoms with Crippen molar-refractivity contribution in [3.8, 4) is 0 Å². The lowest BCUT2D eigenvalue weighted by molar-refractivity contribution is -0.117. The Bertz CT molecular complexity index is 457. The van der Waals surface area contributed by atoms with Crippen molar-refractivity contribution < 1.29 is 9.90 Å². The Balaban J connectivity index is 2.15. The lowest BCUT2D eigenvalue weighted by atomic mass is 9.95. The number of nitrogens with one attached hydrogen (secondary N) is 1. The Kier molecular flexibility index (Phi) is 4.10. The van der Waals surface area contributed by atoms with Gasteiger partial charge in [0.15, 0.2) is 0 Å². The maximum Gasteiger partial charge on any atom is 0.227 e. The van der Waals surface area contributed by atoms with Crippen molar-refractivity contribution in [2.24, 2.45) is 5.41 Å². The van der Waals surface area contributed by atoms with E-state index in [0.717, 1.165) is 24.3 Å². The van der Waals surface area contributed by atoms with Gasteiger partial charge in [0.2, 0.25) is 5.91 Å². The Morgan fingerprint density at radius 2 is 2.11 bits per heavy atom. The maximum absolute atomic E-state index is 11.8. The Labute approximate surface area is 114 Å². The van der Waals surface area contributed by atoms with Gasteiger partial charge in [0.05, 0.1) is 11.4 Å². The van der Waals surface area contributed by atoms with Gasteiger partial charge in [-0.1, -0.05) is 26.0 Å². The number of hydrogen-bond acceptors (Lipinski definition) is 3. The van der Waals surface area contributed by atoms with Gasteiger partial charge in [0.25, 0.3) is 0 Å². The van der Waals surface area contributed by atoms with Crippen LogP contribution in [0.3, 0.4) is 0 Å². The molecular weight excluding hydrogens is 240 g/mol. The molecule has 0 aliphatic carbocycles. The number of benzene rings is 1. The Hall–Kier alpha value is -1.55. The van der Waals surface area contributed by atoms with Crippen molar-refractivity contribution in [1.29, 1.82) is 0 Å². The van der Waals surface area contributed by atoms with Gasteiger partial charge >= 0.3 is 0 Å². The van der Waals surface area contributed by atoms with E-state index in [2.05, 4.69) is 5.32 Å². The number of nitrogens with zero attached hydrogens (tertiary/aromatic N) is 1. The maximum atomic E-state index is 11.8. The molecule has 1 aromatic carbocycles. The van der Waals surface area contributed by atoms with E-state index in [4.69, 9.17) is 0 Å². The van der Waals surface area contributed by atoms with E-state index in [-0.39, 0.29) is 17.9 Å². The monoisotopic (exact) mass is 262 g/mol. The molecule has 0 spiro atoms. The average molecular weight is 262 g/mol. The van der Waals surface area contributed by atoms with Gasteiger partial charge in [0, 0.05) is 31.5 Å². The number of aliphatic hydroxyl groups excluding tert-OH is 1. The second-order valence-electron chi connectivity index (χ2n) is 5.84. The number of para-hydroxylation sites is 2. The SMILES string of the molecule is CC(C)(CO)CNc1ccccc1N1CCCC1=O. The highest BCUT2D eigenvalue weighted by atomic mass is 16.3. The number of amides is 1. The molecule has 1 amide bonds. The number of carbonyl (C=O) groups excluding carboxylic acids is 1. The molecule has 1 aliphatic heterocycles. The normalized spacial score (nSPS) is 15.9. The molecule has 0 bridgehead atoms. The molecule has 2 rings (SSSR count). The van der Waals surface area contributed by atoms with Crippen molar-refractivity contribution >= 4 is 17.3 Å². The van der Waals surface area contributed by atoms with Crippen molar-refractivity contribution in [3.05, 3.63) is 24.3 Å². The van der Waals surface area contributed by atoms with E-state index in [1.807, 2.05) is 43.0 Å². The molecule has 0 saturated carbocycles. The first-order chi connectivity index (χ1) is 9.03. The van der Waals surface area contributed by atoms with E-state index in [1.54, 1.807) is 0 Å². The summed E-state index contributed by atoms with van der Waals surface area (Å²) in [6.45, 7) is 5.60. The summed E-state index contributed by atoms with van der Waals surface area (Å²) in [7, 11) is 0. The first-order valence-corrected chi connectivity index (χ1v) is 6.78. The van der Waals surface area contributed by atoms with E-state index < -0.39 is 0 Å². The quantitative estimate of drug-likeness (QED) is 0.855. The molecule has 1 saturated heterocycles. The molecule has 1 heterocycles. The summed E-state index contributed by atoms with van der Waals surface area (Å²) in [4.78, 5) is 13.7. The van der Waals surface area contributed by atoms with Crippen LogP contribution in [0.25, 0.3) is 0 Å². The molecule has 1 aliphatic rings. The zero-order valence-corrected chi connectivity index (χ0v) is 11.6. The summed E-state index contributed by atoms with van der Waals surface area (Å²) in [6.07, 6.45) is 1.56. The minimum absolute atomic E-state index is 0.130. The highest BCUT2D eigenvalue weighted by Gasteiger charge is 2.24. The summed E-state index contributed by atoms with van der Waals surface area (Å²) in [5.74, 6) is 0.190. The second-order valence-corrected chi connectivity index (χ2v) is 5.84. The van der Waals surface area contributed by atoms with Crippen molar-refractivity contribution in [2.45, 2.75) is 26.7 Å². The van der Waals surface area contributed by atoms with Gasteiger partial charge in [-0.15, -0.1) is 0 Å². The van der Waals surface area contributed by atoms with E-state index >= 15 is 0 Å². The third-order valence-electron chi connectivity index (χ3n) is 3.45.